The molecule has 3 aromatic carbocycles. The number of aromatic amines is 1. The molecular formula is C26H20N2O5. The minimum Gasteiger partial charge on any atom is -0.497 e. The van der Waals surface area contributed by atoms with Crippen molar-refractivity contribution >= 4 is 16.9 Å². The van der Waals surface area contributed by atoms with E-state index >= 15 is 0 Å². The Morgan fingerprint density at radius 1 is 1.00 bits per heavy atom. The van der Waals surface area contributed by atoms with E-state index in [1.165, 1.54) is 12.1 Å². The first-order chi connectivity index (χ1) is 15.9. The van der Waals surface area contributed by atoms with Crippen LogP contribution in [0, 0.1) is 11.8 Å². The third-order valence-corrected chi connectivity index (χ3v) is 5.21. The molecule has 0 bridgehead atoms. The summed E-state index contributed by atoms with van der Waals surface area (Å²) >= 11 is 0. The van der Waals surface area contributed by atoms with Crippen LogP contribution in [0.15, 0.2) is 76.3 Å². The van der Waals surface area contributed by atoms with E-state index in [9.17, 15) is 14.4 Å². The van der Waals surface area contributed by atoms with Crippen LogP contribution in [0.3, 0.4) is 0 Å². The molecule has 0 aliphatic carbocycles. The maximum atomic E-state index is 13.0. The zero-order valence-corrected chi connectivity index (χ0v) is 17.8. The van der Waals surface area contributed by atoms with Crippen molar-refractivity contribution in [1.82, 2.24) is 9.55 Å². The third kappa shape index (κ3) is 4.86. The number of carboxylic acids is 1. The summed E-state index contributed by atoms with van der Waals surface area (Å²) in [6.45, 7) is 0.0252. The number of hydrogen-bond donors (Lipinski definition) is 2. The molecule has 0 fully saturated rings. The lowest BCUT2D eigenvalue weighted by atomic mass is 10.1. The summed E-state index contributed by atoms with van der Waals surface area (Å²) in [6.07, 6.45) is 0.546. The number of methoxy groups -OCH3 is 1. The number of carboxylic acid groups (broad SMARTS) is 1. The Bertz CT molecular complexity index is 1500. The number of aromatic carboxylic acids is 1. The van der Waals surface area contributed by atoms with E-state index in [0.717, 1.165) is 15.9 Å². The molecule has 0 unspecified atom stereocenters. The van der Waals surface area contributed by atoms with Gasteiger partial charge in [0.25, 0.3) is 5.56 Å². The molecule has 0 radical (unpaired) electrons. The quantitative estimate of drug-likeness (QED) is 0.465. The molecule has 2 N–H and O–H groups in total. The topological polar surface area (TPSA) is 101 Å². The average molecular weight is 440 g/mol. The first kappa shape index (κ1) is 21.7. The van der Waals surface area contributed by atoms with Gasteiger partial charge in [0.15, 0.2) is 0 Å². The number of benzene rings is 3. The van der Waals surface area contributed by atoms with Crippen LogP contribution in [0.1, 0.15) is 27.0 Å². The molecule has 0 saturated heterocycles. The van der Waals surface area contributed by atoms with Crippen LogP contribution in [-0.4, -0.2) is 27.7 Å². The molecule has 7 heteroatoms. The molecule has 164 valence electrons. The summed E-state index contributed by atoms with van der Waals surface area (Å²) in [4.78, 5) is 39.2. The lowest BCUT2D eigenvalue weighted by Gasteiger charge is -2.07. The van der Waals surface area contributed by atoms with Crippen LogP contribution < -0.4 is 16.0 Å². The van der Waals surface area contributed by atoms with E-state index in [1.807, 2.05) is 24.3 Å². The number of hydrogen-bond acceptors (Lipinski definition) is 4. The summed E-state index contributed by atoms with van der Waals surface area (Å²) in [7, 11) is 1.62. The van der Waals surface area contributed by atoms with Gasteiger partial charge in [-0.15, -0.1) is 0 Å². The summed E-state index contributed by atoms with van der Waals surface area (Å²) in [5.41, 5.74) is 1.95. The fraction of sp³-hybridized carbons (Fsp3) is 0.115. The van der Waals surface area contributed by atoms with Gasteiger partial charge in [0.2, 0.25) is 0 Å². The van der Waals surface area contributed by atoms with E-state index in [-0.39, 0.29) is 12.1 Å². The van der Waals surface area contributed by atoms with Crippen molar-refractivity contribution in [1.29, 1.82) is 0 Å². The van der Waals surface area contributed by atoms with Crippen LogP contribution in [0.25, 0.3) is 10.9 Å². The highest BCUT2D eigenvalue weighted by molar-refractivity contribution is 5.87. The van der Waals surface area contributed by atoms with Gasteiger partial charge < -0.3 is 14.8 Å². The fourth-order valence-corrected chi connectivity index (χ4v) is 3.40. The molecule has 1 aromatic heterocycles. The molecule has 4 rings (SSSR count). The van der Waals surface area contributed by atoms with Gasteiger partial charge in [-0.1, -0.05) is 36.1 Å². The number of nitrogens with one attached hydrogen (secondary N) is 1. The first-order valence-electron chi connectivity index (χ1n) is 10.2. The SMILES string of the molecule is COc1ccc(CC#Cc2ccc3[nH]c(=O)n(Cc4ccc(C(=O)O)cc4)c(=O)c3c2)cc1. The van der Waals surface area contributed by atoms with Crippen molar-refractivity contribution in [3.8, 4) is 17.6 Å². The van der Waals surface area contributed by atoms with E-state index < -0.39 is 17.2 Å². The highest BCUT2D eigenvalue weighted by atomic mass is 16.5. The maximum Gasteiger partial charge on any atom is 0.335 e. The zero-order valence-electron chi connectivity index (χ0n) is 17.8. The summed E-state index contributed by atoms with van der Waals surface area (Å²) in [5.74, 6) is 5.91. The fourth-order valence-electron chi connectivity index (χ4n) is 3.40. The Morgan fingerprint density at radius 3 is 2.36 bits per heavy atom. The van der Waals surface area contributed by atoms with Crippen molar-refractivity contribution in [3.63, 3.8) is 0 Å². The number of nitrogens with zero attached hydrogens (tertiary/aromatic N) is 1. The maximum absolute atomic E-state index is 13.0. The number of aromatic nitrogens is 2. The van der Waals surface area contributed by atoms with Gasteiger partial charge in [-0.05, 0) is 53.6 Å². The zero-order chi connectivity index (χ0) is 23.4. The van der Waals surface area contributed by atoms with Gasteiger partial charge in [-0.25, -0.2) is 9.59 Å². The van der Waals surface area contributed by atoms with Crippen molar-refractivity contribution < 1.29 is 14.6 Å². The number of H-pyrrole nitrogens is 1. The standard InChI is InChI=1S/C26H20N2O5/c1-33-21-12-7-17(8-13-21)3-2-4-18-9-14-23-22(15-18)24(29)28(26(32)27-23)16-19-5-10-20(11-6-19)25(30)31/h5-15H,3,16H2,1H3,(H,27,32)(H,30,31). The van der Waals surface area contributed by atoms with E-state index in [2.05, 4.69) is 16.8 Å². The molecule has 0 aliphatic heterocycles. The van der Waals surface area contributed by atoms with Crippen molar-refractivity contribution in [2.45, 2.75) is 13.0 Å². The van der Waals surface area contributed by atoms with E-state index in [1.54, 1.807) is 37.4 Å². The average Bonchev–Trinajstić information content (AvgIpc) is 2.83. The highest BCUT2D eigenvalue weighted by Crippen LogP contribution is 2.12. The normalized spacial score (nSPS) is 10.5. The largest absolute Gasteiger partial charge is 0.497 e. The smallest absolute Gasteiger partial charge is 0.335 e. The van der Waals surface area contributed by atoms with Gasteiger partial charge in [-0.2, -0.15) is 0 Å². The first-order valence-corrected chi connectivity index (χ1v) is 10.2. The van der Waals surface area contributed by atoms with Gasteiger partial charge in [0.1, 0.15) is 5.75 Å². The molecule has 0 aliphatic rings. The predicted octanol–water partition coefficient (Wildman–Crippen LogP) is 3.04. The summed E-state index contributed by atoms with van der Waals surface area (Å²) < 4.78 is 6.24. The van der Waals surface area contributed by atoms with Gasteiger partial charge in [-0.3, -0.25) is 9.36 Å². The summed E-state index contributed by atoms with van der Waals surface area (Å²) in [5, 5.41) is 9.37. The van der Waals surface area contributed by atoms with E-state index in [0.29, 0.717) is 28.5 Å². The van der Waals surface area contributed by atoms with Gasteiger partial charge >= 0.3 is 11.7 Å². The van der Waals surface area contributed by atoms with E-state index in [4.69, 9.17) is 9.84 Å². The summed E-state index contributed by atoms with van der Waals surface area (Å²) in [6, 6.07) is 18.8. The van der Waals surface area contributed by atoms with Crippen LogP contribution in [0.5, 0.6) is 5.75 Å². The monoisotopic (exact) mass is 440 g/mol. The molecular weight excluding hydrogens is 420 g/mol. The lowest BCUT2D eigenvalue weighted by molar-refractivity contribution is 0.0697. The molecule has 1 heterocycles. The lowest BCUT2D eigenvalue weighted by Crippen LogP contribution is -2.35. The van der Waals surface area contributed by atoms with Crippen molar-refractivity contribution in [2.24, 2.45) is 0 Å². The minimum atomic E-state index is -1.04. The molecule has 33 heavy (non-hydrogen) atoms. The molecule has 0 spiro atoms. The van der Waals surface area contributed by atoms with Crippen LogP contribution in [0.2, 0.25) is 0 Å². The Morgan fingerprint density at radius 2 is 1.70 bits per heavy atom. The minimum absolute atomic E-state index is 0.0252. The number of fused-ring (bicyclic) bond motifs is 1. The molecule has 0 saturated carbocycles. The number of carbonyl (C=O) groups is 1. The predicted molar refractivity (Wildman–Crippen MR) is 125 cm³/mol. The Balaban J connectivity index is 1.61. The third-order valence-electron chi connectivity index (χ3n) is 5.21. The molecule has 0 atom stereocenters. The Hall–Kier alpha value is -4.57. The van der Waals surface area contributed by atoms with Gasteiger partial charge in [0.05, 0.1) is 30.1 Å². The molecule has 4 aromatic rings. The second-order valence-electron chi connectivity index (χ2n) is 7.41. The number of rotatable bonds is 5. The highest BCUT2D eigenvalue weighted by Gasteiger charge is 2.10. The molecule has 0 amide bonds. The second-order valence-corrected chi connectivity index (χ2v) is 7.41. The van der Waals surface area contributed by atoms with Crippen molar-refractivity contribution in [2.75, 3.05) is 7.11 Å². The van der Waals surface area contributed by atoms with Crippen molar-refractivity contribution in [3.05, 3.63) is 110 Å². The Labute approximate surface area is 188 Å². The molecule has 7 nitrogen and oxygen atoms in total. The second kappa shape index (κ2) is 9.28. The van der Waals surface area contributed by atoms with Crippen LogP contribution in [0.4, 0.5) is 0 Å². The van der Waals surface area contributed by atoms with Gasteiger partial charge in [0, 0.05) is 12.0 Å². The Kier molecular flexibility index (Phi) is 6.09. The number of ether oxygens (including phenoxy) is 1. The van der Waals surface area contributed by atoms with Crippen LogP contribution in [-0.2, 0) is 13.0 Å². The van der Waals surface area contributed by atoms with Crippen LogP contribution >= 0.6 is 0 Å².